The summed E-state index contributed by atoms with van der Waals surface area (Å²) in [7, 11) is 1.33. The summed E-state index contributed by atoms with van der Waals surface area (Å²) in [6.45, 7) is 4.03. The first kappa shape index (κ1) is 22.2. The number of aryl methyl sites for hydroxylation is 1. The molecule has 1 N–H and O–H groups in total. The molecule has 2 heterocycles. The maximum Gasteiger partial charge on any atom is 0.413 e. The molecular formula is C19H27ClN2O6. The van der Waals surface area contributed by atoms with Crippen molar-refractivity contribution in [1.82, 2.24) is 4.98 Å². The minimum atomic E-state index is -0.832. The molecule has 8 nitrogen and oxygen atoms in total. The van der Waals surface area contributed by atoms with E-state index in [1.165, 1.54) is 7.11 Å². The van der Waals surface area contributed by atoms with Crippen molar-refractivity contribution < 1.29 is 28.5 Å². The predicted molar refractivity (Wildman–Crippen MR) is 104 cm³/mol. The Morgan fingerprint density at radius 3 is 2.79 bits per heavy atom. The lowest BCUT2D eigenvalue weighted by molar-refractivity contribution is -0.140. The number of nitrogens with zero attached hydrogens (tertiary/aromatic N) is 1. The number of amides is 1. The number of aromatic nitrogens is 1. The molecule has 156 valence electrons. The van der Waals surface area contributed by atoms with Crippen LogP contribution in [0.2, 0.25) is 0 Å². The van der Waals surface area contributed by atoms with Crippen LogP contribution in [-0.2, 0) is 25.4 Å². The number of nitrogens with one attached hydrogen (secondary N) is 1. The third kappa shape index (κ3) is 7.16. The third-order valence-corrected chi connectivity index (χ3v) is 4.68. The van der Waals surface area contributed by atoms with Gasteiger partial charge in [0.1, 0.15) is 5.60 Å². The fourth-order valence-corrected chi connectivity index (χ4v) is 2.54. The molecule has 2 rings (SSSR count). The van der Waals surface area contributed by atoms with E-state index in [2.05, 4.69) is 15.0 Å². The number of methoxy groups -OCH3 is 1. The Bertz CT molecular complexity index is 676. The smallest absolute Gasteiger partial charge is 0.413 e. The molecule has 0 aliphatic carbocycles. The molecule has 1 saturated heterocycles. The molecule has 0 spiro atoms. The summed E-state index contributed by atoms with van der Waals surface area (Å²) in [5.74, 6) is 0.378. The van der Waals surface area contributed by atoms with E-state index in [1.807, 2.05) is 0 Å². The van der Waals surface area contributed by atoms with Gasteiger partial charge in [0.15, 0.2) is 17.9 Å². The molecule has 1 aliphatic rings. The number of hydrogen-bond acceptors (Lipinski definition) is 7. The molecule has 0 aromatic carbocycles. The highest BCUT2D eigenvalue weighted by Crippen LogP contribution is 2.27. The summed E-state index contributed by atoms with van der Waals surface area (Å²) in [5.41, 5.74) is -0.226. The number of anilines is 1. The number of rotatable bonds is 8. The van der Waals surface area contributed by atoms with Crippen molar-refractivity contribution in [3.05, 3.63) is 17.8 Å². The predicted octanol–water partition coefficient (Wildman–Crippen LogP) is 3.66. The number of ether oxygens (including phenoxy) is 4. The number of hydrogen-bond donors (Lipinski definition) is 1. The monoisotopic (exact) mass is 414 g/mol. The zero-order chi connectivity index (χ0) is 20.6. The quantitative estimate of drug-likeness (QED) is 0.512. The molecule has 1 aromatic heterocycles. The molecule has 1 atom stereocenters. The van der Waals surface area contributed by atoms with Gasteiger partial charge in [-0.1, -0.05) is 0 Å². The van der Waals surface area contributed by atoms with E-state index in [0.29, 0.717) is 24.5 Å². The zero-order valence-corrected chi connectivity index (χ0v) is 17.2. The second kappa shape index (κ2) is 10.5. The van der Waals surface area contributed by atoms with Crippen LogP contribution in [0.25, 0.3) is 0 Å². The van der Waals surface area contributed by atoms with E-state index in [0.717, 1.165) is 19.3 Å². The lowest BCUT2D eigenvalue weighted by atomic mass is 10.2. The molecule has 1 amide bonds. The van der Waals surface area contributed by atoms with E-state index in [-0.39, 0.29) is 24.1 Å². The molecule has 1 aromatic rings. The number of alkyl halides is 1. The van der Waals surface area contributed by atoms with Gasteiger partial charge in [0, 0.05) is 18.5 Å². The van der Waals surface area contributed by atoms with Crippen LogP contribution >= 0.6 is 11.6 Å². The summed E-state index contributed by atoms with van der Waals surface area (Å²) in [6.07, 6.45) is 2.21. The normalized spacial score (nSPS) is 16.9. The van der Waals surface area contributed by atoms with Crippen LogP contribution in [-0.4, -0.2) is 48.5 Å². The van der Waals surface area contributed by atoms with E-state index < -0.39 is 18.0 Å². The topological polar surface area (TPSA) is 96.0 Å². The summed E-state index contributed by atoms with van der Waals surface area (Å²) >= 11 is 5.80. The SMILES string of the molecule is COC(=O)CCc1ccc(O[C@H]2CCCCO2)c(NC(=O)OC(C)(C)CCl)n1. The van der Waals surface area contributed by atoms with Gasteiger partial charge in [0.2, 0.25) is 0 Å². The Morgan fingerprint density at radius 2 is 2.14 bits per heavy atom. The first-order valence-electron chi connectivity index (χ1n) is 9.24. The lowest BCUT2D eigenvalue weighted by Crippen LogP contribution is -2.32. The number of esters is 1. The number of carbonyl (C=O) groups excluding carboxylic acids is 2. The van der Waals surface area contributed by atoms with Crippen molar-refractivity contribution in [3.63, 3.8) is 0 Å². The van der Waals surface area contributed by atoms with E-state index in [9.17, 15) is 9.59 Å². The van der Waals surface area contributed by atoms with Gasteiger partial charge < -0.3 is 18.9 Å². The molecule has 0 unspecified atom stereocenters. The maximum absolute atomic E-state index is 12.3. The van der Waals surface area contributed by atoms with Crippen LogP contribution in [0.15, 0.2) is 12.1 Å². The fraction of sp³-hybridized carbons (Fsp3) is 0.632. The Morgan fingerprint density at radius 1 is 1.36 bits per heavy atom. The lowest BCUT2D eigenvalue weighted by Gasteiger charge is -2.25. The number of halogens is 1. The van der Waals surface area contributed by atoms with Gasteiger partial charge in [-0.15, -0.1) is 11.6 Å². The molecule has 1 aliphatic heterocycles. The highest BCUT2D eigenvalue weighted by atomic mass is 35.5. The minimum Gasteiger partial charge on any atom is -0.469 e. The van der Waals surface area contributed by atoms with Gasteiger partial charge in [0.05, 0.1) is 26.0 Å². The second-order valence-electron chi connectivity index (χ2n) is 7.05. The van der Waals surface area contributed by atoms with Crippen LogP contribution in [0.1, 0.15) is 45.2 Å². The molecule has 0 radical (unpaired) electrons. The van der Waals surface area contributed by atoms with Gasteiger partial charge in [0.25, 0.3) is 0 Å². The Balaban J connectivity index is 2.15. The van der Waals surface area contributed by atoms with Gasteiger partial charge in [-0.2, -0.15) is 0 Å². The highest BCUT2D eigenvalue weighted by molar-refractivity contribution is 6.18. The summed E-state index contributed by atoms with van der Waals surface area (Å²) in [6, 6.07) is 3.43. The van der Waals surface area contributed by atoms with E-state index in [4.69, 9.17) is 25.8 Å². The fourth-order valence-electron chi connectivity index (χ4n) is 2.49. The average molecular weight is 415 g/mol. The third-order valence-electron chi connectivity index (χ3n) is 4.04. The van der Waals surface area contributed by atoms with Gasteiger partial charge >= 0.3 is 12.1 Å². The largest absolute Gasteiger partial charge is 0.469 e. The molecule has 0 bridgehead atoms. The number of carbonyl (C=O) groups is 2. The minimum absolute atomic E-state index is 0.145. The van der Waals surface area contributed by atoms with Crippen molar-refractivity contribution in [2.75, 3.05) is 24.9 Å². The van der Waals surface area contributed by atoms with Crippen LogP contribution in [0.4, 0.5) is 10.6 Å². The highest BCUT2D eigenvalue weighted by Gasteiger charge is 2.24. The molecule has 0 saturated carbocycles. The second-order valence-corrected chi connectivity index (χ2v) is 7.31. The molecule has 1 fully saturated rings. The van der Waals surface area contributed by atoms with Crippen LogP contribution < -0.4 is 10.1 Å². The Hall–Kier alpha value is -2.06. The van der Waals surface area contributed by atoms with Crippen LogP contribution in [0.3, 0.4) is 0 Å². The van der Waals surface area contributed by atoms with Gasteiger partial charge in [-0.3, -0.25) is 10.1 Å². The first-order valence-corrected chi connectivity index (χ1v) is 9.77. The van der Waals surface area contributed by atoms with E-state index in [1.54, 1.807) is 26.0 Å². The first-order chi connectivity index (χ1) is 13.3. The van der Waals surface area contributed by atoms with Crippen molar-refractivity contribution in [2.24, 2.45) is 0 Å². The van der Waals surface area contributed by atoms with Crippen molar-refractivity contribution in [3.8, 4) is 5.75 Å². The summed E-state index contributed by atoms with van der Waals surface area (Å²) < 4.78 is 21.4. The Kier molecular flexibility index (Phi) is 8.32. The molecule has 9 heteroatoms. The summed E-state index contributed by atoms with van der Waals surface area (Å²) in [4.78, 5) is 28.0. The summed E-state index contributed by atoms with van der Waals surface area (Å²) in [5, 5.41) is 2.60. The number of pyridine rings is 1. The maximum atomic E-state index is 12.3. The van der Waals surface area contributed by atoms with Gasteiger partial charge in [-0.25, -0.2) is 9.78 Å². The molecular weight excluding hydrogens is 388 g/mol. The Labute approximate surface area is 169 Å². The molecule has 28 heavy (non-hydrogen) atoms. The van der Waals surface area contributed by atoms with Crippen molar-refractivity contribution >= 4 is 29.5 Å². The standard InChI is InChI=1S/C19H27ClN2O6/c1-19(2,12-20)28-18(24)22-17-14(27-16-6-4-5-11-26-16)9-7-13(21-17)8-10-15(23)25-3/h7,9,16H,4-6,8,10-12H2,1-3H3,(H,21,22,24)/t16-/m0/s1. The van der Waals surface area contributed by atoms with Crippen LogP contribution in [0.5, 0.6) is 5.75 Å². The van der Waals surface area contributed by atoms with Crippen LogP contribution in [0, 0.1) is 0 Å². The van der Waals surface area contributed by atoms with Crippen molar-refractivity contribution in [2.45, 2.75) is 57.8 Å². The zero-order valence-electron chi connectivity index (χ0n) is 16.5. The average Bonchev–Trinajstić information content (AvgIpc) is 2.68. The van der Waals surface area contributed by atoms with Crippen molar-refractivity contribution in [1.29, 1.82) is 0 Å². The van der Waals surface area contributed by atoms with Gasteiger partial charge in [-0.05, 0) is 38.8 Å². The van der Waals surface area contributed by atoms with E-state index >= 15 is 0 Å².